The number of aromatic nitrogens is 1. The Labute approximate surface area is 135 Å². The first-order chi connectivity index (χ1) is 9.51. The minimum atomic E-state index is -0.560. The van der Waals surface area contributed by atoms with Crippen LogP contribution in [0.5, 0.6) is 11.5 Å². The minimum absolute atomic E-state index is 0.443. The molecule has 106 valence electrons. The van der Waals surface area contributed by atoms with Gasteiger partial charge in [0.1, 0.15) is 11.5 Å². The molecule has 0 unspecified atom stereocenters. The van der Waals surface area contributed by atoms with Crippen molar-refractivity contribution in [2.24, 2.45) is 0 Å². The summed E-state index contributed by atoms with van der Waals surface area (Å²) in [5.74, 6) is 0.975. The van der Waals surface area contributed by atoms with Gasteiger partial charge in [-0.3, -0.25) is 4.98 Å². The molecular weight excluding hydrogens is 365 g/mol. The number of halogens is 3. The van der Waals surface area contributed by atoms with Gasteiger partial charge >= 0.3 is 0 Å². The van der Waals surface area contributed by atoms with E-state index in [1.807, 2.05) is 6.92 Å². The summed E-state index contributed by atoms with van der Waals surface area (Å²) in [4.78, 5) is 4.15. The van der Waals surface area contributed by atoms with Gasteiger partial charge in [-0.2, -0.15) is 0 Å². The molecule has 0 aliphatic heterocycles. The zero-order chi connectivity index (χ0) is 14.7. The Balaban J connectivity index is 2.20. The van der Waals surface area contributed by atoms with Gasteiger partial charge in [-0.25, -0.2) is 0 Å². The van der Waals surface area contributed by atoms with E-state index in [9.17, 15) is 5.11 Å². The van der Waals surface area contributed by atoms with E-state index in [1.165, 1.54) is 0 Å². The van der Waals surface area contributed by atoms with E-state index >= 15 is 0 Å². The van der Waals surface area contributed by atoms with E-state index in [0.717, 1.165) is 0 Å². The van der Waals surface area contributed by atoms with Crippen LogP contribution in [-0.2, 0) is 0 Å². The average molecular weight is 377 g/mol. The molecule has 1 aromatic carbocycles. The molecule has 2 aromatic rings. The van der Waals surface area contributed by atoms with Gasteiger partial charge in [0.25, 0.3) is 0 Å². The molecule has 6 heteroatoms. The molecule has 0 aliphatic carbocycles. The summed E-state index contributed by atoms with van der Waals surface area (Å²) in [6.45, 7) is 1.89. The molecule has 3 nitrogen and oxygen atoms in total. The second kappa shape index (κ2) is 6.76. The Kier molecular flexibility index (Phi) is 5.27. The lowest BCUT2D eigenvalue weighted by Crippen LogP contribution is -1.98. The molecule has 0 spiro atoms. The summed E-state index contributed by atoms with van der Waals surface area (Å²) in [5.41, 5.74) is 0.611. The molecule has 1 N–H and O–H groups in total. The third-order valence-electron chi connectivity index (χ3n) is 2.69. The number of hydrogen-bond donors (Lipinski definition) is 1. The summed E-state index contributed by atoms with van der Waals surface area (Å²) < 4.78 is 6.34. The first-order valence-electron chi connectivity index (χ1n) is 5.97. The largest absolute Gasteiger partial charge is 0.454 e. The normalized spacial score (nSPS) is 12.2. The quantitative estimate of drug-likeness (QED) is 0.727. The van der Waals surface area contributed by atoms with Gasteiger partial charge in [0.2, 0.25) is 0 Å². The number of hydrogen-bond acceptors (Lipinski definition) is 3. The predicted molar refractivity (Wildman–Crippen MR) is 83.7 cm³/mol. The molecule has 0 radical (unpaired) electrons. The molecule has 0 bridgehead atoms. The van der Waals surface area contributed by atoms with Gasteiger partial charge in [-0.15, -0.1) is 0 Å². The van der Waals surface area contributed by atoms with Gasteiger partial charge in [0, 0.05) is 10.5 Å². The van der Waals surface area contributed by atoms with Crippen LogP contribution < -0.4 is 4.74 Å². The van der Waals surface area contributed by atoms with Gasteiger partial charge < -0.3 is 9.84 Å². The first kappa shape index (κ1) is 15.6. The van der Waals surface area contributed by atoms with Crippen molar-refractivity contribution in [1.82, 2.24) is 4.98 Å². The summed E-state index contributed by atoms with van der Waals surface area (Å²) in [6, 6.07) is 6.75. The second-order valence-corrected chi connectivity index (χ2v) is 5.81. The standard InChI is InChI=1S/C14H12BrCl2NO2/c1-2-13(19)12-4-3-8(7-18-12)20-14-6-10(16)9(15)5-11(14)17/h3-7,13,19H,2H2,1H3/t13-/m0/s1. The molecule has 0 fully saturated rings. The fourth-order valence-electron chi connectivity index (χ4n) is 1.57. The maximum atomic E-state index is 9.67. The number of aliphatic hydroxyl groups is 1. The van der Waals surface area contributed by atoms with Crippen LogP contribution in [0.15, 0.2) is 34.9 Å². The van der Waals surface area contributed by atoms with Crippen LogP contribution in [0.1, 0.15) is 25.1 Å². The van der Waals surface area contributed by atoms with Crippen molar-refractivity contribution in [3.8, 4) is 11.5 Å². The number of rotatable bonds is 4. The van der Waals surface area contributed by atoms with Crippen LogP contribution in [0.4, 0.5) is 0 Å². The number of aliphatic hydroxyl groups excluding tert-OH is 1. The maximum absolute atomic E-state index is 9.67. The van der Waals surface area contributed by atoms with E-state index in [-0.39, 0.29) is 0 Å². The number of benzene rings is 1. The average Bonchev–Trinajstić information content (AvgIpc) is 2.44. The van der Waals surface area contributed by atoms with Crippen LogP contribution in [0.25, 0.3) is 0 Å². The third-order valence-corrected chi connectivity index (χ3v) is 4.18. The van der Waals surface area contributed by atoms with Crippen LogP contribution in [0.2, 0.25) is 10.0 Å². The fourth-order valence-corrected chi connectivity index (χ4v) is 2.40. The highest BCUT2D eigenvalue weighted by Gasteiger charge is 2.10. The van der Waals surface area contributed by atoms with Crippen molar-refractivity contribution in [3.05, 3.63) is 50.7 Å². The van der Waals surface area contributed by atoms with Crippen LogP contribution in [0.3, 0.4) is 0 Å². The predicted octanol–water partition coefficient (Wildman–Crippen LogP) is 5.39. The molecule has 2 rings (SSSR count). The van der Waals surface area contributed by atoms with E-state index in [0.29, 0.717) is 38.1 Å². The highest BCUT2D eigenvalue weighted by atomic mass is 79.9. The molecule has 1 aromatic heterocycles. The molecule has 0 aliphatic rings. The van der Waals surface area contributed by atoms with Crippen molar-refractivity contribution in [2.75, 3.05) is 0 Å². The van der Waals surface area contributed by atoms with Gasteiger partial charge in [0.15, 0.2) is 0 Å². The van der Waals surface area contributed by atoms with E-state index in [1.54, 1.807) is 30.5 Å². The summed E-state index contributed by atoms with van der Waals surface area (Å²) in [7, 11) is 0. The Morgan fingerprint density at radius 2 is 2.05 bits per heavy atom. The Morgan fingerprint density at radius 3 is 2.65 bits per heavy atom. The summed E-state index contributed by atoms with van der Waals surface area (Å²) in [5, 5.41) is 10.6. The van der Waals surface area contributed by atoms with E-state index in [4.69, 9.17) is 27.9 Å². The van der Waals surface area contributed by atoms with E-state index in [2.05, 4.69) is 20.9 Å². The van der Waals surface area contributed by atoms with Crippen molar-refractivity contribution >= 4 is 39.1 Å². The fraction of sp³-hybridized carbons (Fsp3) is 0.214. The number of nitrogens with zero attached hydrogens (tertiary/aromatic N) is 1. The molecule has 1 heterocycles. The third kappa shape index (κ3) is 3.64. The zero-order valence-corrected chi connectivity index (χ0v) is 13.7. The van der Waals surface area contributed by atoms with Crippen molar-refractivity contribution < 1.29 is 9.84 Å². The number of pyridine rings is 1. The monoisotopic (exact) mass is 375 g/mol. The Morgan fingerprint density at radius 1 is 1.30 bits per heavy atom. The van der Waals surface area contributed by atoms with Crippen molar-refractivity contribution in [1.29, 1.82) is 0 Å². The van der Waals surface area contributed by atoms with Crippen LogP contribution in [-0.4, -0.2) is 10.1 Å². The van der Waals surface area contributed by atoms with Crippen molar-refractivity contribution in [2.45, 2.75) is 19.4 Å². The minimum Gasteiger partial charge on any atom is -0.454 e. The maximum Gasteiger partial charge on any atom is 0.147 e. The highest BCUT2D eigenvalue weighted by Crippen LogP contribution is 2.36. The lowest BCUT2D eigenvalue weighted by atomic mass is 10.2. The van der Waals surface area contributed by atoms with E-state index < -0.39 is 6.10 Å². The number of ether oxygens (including phenoxy) is 1. The molecule has 1 atom stereocenters. The molecule has 20 heavy (non-hydrogen) atoms. The highest BCUT2D eigenvalue weighted by molar-refractivity contribution is 9.10. The summed E-state index contributed by atoms with van der Waals surface area (Å²) in [6.07, 6.45) is 1.59. The topological polar surface area (TPSA) is 42.4 Å². The molecule has 0 saturated heterocycles. The lowest BCUT2D eigenvalue weighted by Gasteiger charge is -2.10. The van der Waals surface area contributed by atoms with Crippen molar-refractivity contribution in [3.63, 3.8) is 0 Å². The molecule has 0 amide bonds. The molecule has 0 saturated carbocycles. The smallest absolute Gasteiger partial charge is 0.147 e. The SMILES string of the molecule is CC[C@H](O)c1ccc(Oc2cc(Cl)c(Br)cc2Cl)cn1. The van der Waals surface area contributed by atoms with Gasteiger partial charge in [0.05, 0.1) is 28.0 Å². The zero-order valence-electron chi connectivity index (χ0n) is 10.6. The molecular formula is C14H12BrCl2NO2. The summed E-state index contributed by atoms with van der Waals surface area (Å²) >= 11 is 15.4. The van der Waals surface area contributed by atoms with Gasteiger partial charge in [-0.05, 0) is 40.5 Å². The van der Waals surface area contributed by atoms with Gasteiger partial charge in [-0.1, -0.05) is 30.1 Å². The lowest BCUT2D eigenvalue weighted by molar-refractivity contribution is 0.169. The first-order valence-corrected chi connectivity index (χ1v) is 7.52. The Bertz CT molecular complexity index is 605. The van der Waals surface area contributed by atoms with Crippen LogP contribution >= 0.6 is 39.1 Å². The Hall–Kier alpha value is -0.810. The second-order valence-electron chi connectivity index (χ2n) is 4.14. The van der Waals surface area contributed by atoms with Crippen LogP contribution in [0, 0.1) is 0 Å².